The van der Waals surface area contributed by atoms with Gasteiger partial charge in [-0.1, -0.05) is 23.7 Å². The van der Waals surface area contributed by atoms with Gasteiger partial charge >= 0.3 is 0 Å². The van der Waals surface area contributed by atoms with Gasteiger partial charge in [-0.2, -0.15) is 11.8 Å². The van der Waals surface area contributed by atoms with E-state index in [0.717, 1.165) is 6.07 Å². The Morgan fingerprint density at radius 2 is 2.08 bits per heavy atom. The number of hydrogen-bond donors (Lipinski definition) is 1. The van der Waals surface area contributed by atoms with E-state index in [1.165, 1.54) is 31.0 Å². The molecule has 1 N–H and O–H groups in total. The molecule has 0 fully saturated rings. The van der Waals surface area contributed by atoms with Crippen LogP contribution in [-0.4, -0.2) is 18.8 Å². The zero-order valence-electron chi connectivity index (χ0n) is 12.9. The van der Waals surface area contributed by atoms with E-state index in [4.69, 9.17) is 16.3 Å². The molecule has 3 nitrogen and oxygen atoms in total. The molecule has 0 atom stereocenters. The molecule has 2 rings (SSSR count). The molecule has 0 spiro atoms. The lowest BCUT2D eigenvalue weighted by atomic mass is 10.2. The van der Waals surface area contributed by atoms with Crippen molar-refractivity contribution in [3.8, 4) is 5.75 Å². The lowest BCUT2D eigenvalue weighted by molar-refractivity contribution is -0.115. The lowest BCUT2D eigenvalue weighted by Crippen LogP contribution is -2.13. The number of thioether (sulfide) groups is 1. The fraction of sp³-hybridized carbons (Fsp3) is 0.235. The number of hydrogen-bond acceptors (Lipinski definition) is 3. The van der Waals surface area contributed by atoms with Crippen molar-refractivity contribution in [2.45, 2.75) is 12.2 Å². The molecule has 0 aliphatic rings. The molecule has 1 amide bonds. The molecular formula is C17H16ClF2NO2S. The van der Waals surface area contributed by atoms with E-state index < -0.39 is 11.6 Å². The third-order valence-corrected chi connectivity index (χ3v) is 4.44. The van der Waals surface area contributed by atoms with Gasteiger partial charge in [0.2, 0.25) is 5.91 Å². The molecule has 24 heavy (non-hydrogen) atoms. The predicted molar refractivity (Wildman–Crippen MR) is 93.8 cm³/mol. The van der Waals surface area contributed by atoms with Crippen molar-refractivity contribution in [3.05, 3.63) is 58.6 Å². The summed E-state index contributed by atoms with van der Waals surface area (Å²) in [6.07, 6.45) is 0.233. The Balaban J connectivity index is 1.82. The summed E-state index contributed by atoms with van der Waals surface area (Å²) in [6.45, 7) is 0. The summed E-state index contributed by atoms with van der Waals surface area (Å²) in [7, 11) is 1.50. The minimum Gasteiger partial charge on any atom is -0.495 e. The highest BCUT2D eigenvalue weighted by Crippen LogP contribution is 2.28. The van der Waals surface area contributed by atoms with Crippen molar-refractivity contribution in [1.82, 2.24) is 0 Å². The van der Waals surface area contributed by atoms with Gasteiger partial charge in [-0.15, -0.1) is 0 Å². The number of amides is 1. The van der Waals surface area contributed by atoms with Crippen LogP contribution in [0.4, 0.5) is 14.5 Å². The topological polar surface area (TPSA) is 38.3 Å². The van der Waals surface area contributed by atoms with Crippen LogP contribution in [0.15, 0.2) is 36.4 Å². The second-order valence-electron chi connectivity index (χ2n) is 4.91. The number of halogens is 3. The SMILES string of the molecule is COc1ccc(Cl)cc1NC(=O)CCSCc1cccc(F)c1F. The zero-order chi connectivity index (χ0) is 17.5. The van der Waals surface area contributed by atoms with Gasteiger partial charge in [0.25, 0.3) is 0 Å². The molecule has 0 unspecified atom stereocenters. The molecule has 0 heterocycles. The smallest absolute Gasteiger partial charge is 0.225 e. The number of carbonyl (C=O) groups excluding carboxylic acids is 1. The number of benzene rings is 2. The van der Waals surface area contributed by atoms with Crippen molar-refractivity contribution < 1.29 is 18.3 Å². The largest absolute Gasteiger partial charge is 0.495 e. The highest BCUT2D eigenvalue weighted by molar-refractivity contribution is 7.98. The Morgan fingerprint density at radius 3 is 2.83 bits per heavy atom. The monoisotopic (exact) mass is 371 g/mol. The number of nitrogens with one attached hydrogen (secondary N) is 1. The van der Waals surface area contributed by atoms with Crippen LogP contribution in [0, 0.1) is 11.6 Å². The molecule has 7 heteroatoms. The van der Waals surface area contributed by atoms with Gasteiger partial charge in [-0.25, -0.2) is 8.78 Å². The van der Waals surface area contributed by atoms with Gasteiger partial charge in [0, 0.05) is 28.5 Å². The number of rotatable bonds is 7. The molecule has 2 aromatic rings. The Labute approximate surface area is 148 Å². The number of methoxy groups -OCH3 is 1. The zero-order valence-corrected chi connectivity index (χ0v) is 14.5. The first-order valence-corrected chi connectivity index (χ1v) is 8.68. The first-order valence-electron chi connectivity index (χ1n) is 7.15. The normalized spacial score (nSPS) is 10.5. The average molecular weight is 372 g/mol. The number of anilines is 1. The second-order valence-corrected chi connectivity index (χ2v) is 6.45. The van der Waals surface area contributed by atoms with E-state index >= 15 is 0 Å². The molecular weight excluding hydrogens is 356 g/mol. The van der Waals surface area contributed by atoms with Gasteiger partial charge in [0.05, 0.1) is 12.8 Å². The molecule has 0 saturated heterocycles. The van der Waals surface area contributed by atoms with Crippen LogP contribution in [0.1, 0.15) is 12.0 Å². The van der Waals surface area contributed by atoms with Gasteiger partial charge in [-0.3, -0.25) is 4.79 Å². The minimum atomic E-state index is -0.862. The van der Waals surface area contributed by atoms with Crippen LogP contribution in [0.2, 0.25) is 5.02 Å². The highest BCUT2D eigenvalue weighted by atomic mass is 35.5. The van der Waals surface area contributed by atoms with Crippen LogP contribution in [-0.2, 0) is 10.5 Å². The molecule has 0 aliphatic heterocycles. The van der Waals surface area contributed by atoms with E-state index in [9.17, 15) is 13.6 Å². The standard InChI is InChI=1S/C17H16ClF2NO2S/c1-23-15-6-5-12(18)9-14(15)21-16(22)7-8-24-10-11-3-2-4-13(19)17(11)20/h2-6,9H,7-8,10H2,1H3,(H,21,22). The Morgan fingerprint density at radius 1 is 1.29 bits per heavy atom. The van der Waals surface area contributed by atoms with Crippen LogP contribution < -0.4 is 10.1 Å². The van der Waals surface area contributed by atoms with Gasteiger partial charge in [0.1, 0.15) is 5.75 Å². The molecule has 0 aliphatic carbocycles. The summed E-state index contributed by atoms with van der Waals surface area (Å²) in [4.78, 5) is 12.0. The van der Waals surface area contributed by atoms with Crippen molar-refractivity contribution in [2.75, 3.05) is 18.2 Å². The molecule has 128 valence electrons. The van der Waals surface area contributed by atoms with E-state index in [1.807, 2.05) is 0 Å². The van der Waals surface area contributed by atoms with Crippen molar-refractivity contribution in [3.63, 3.8) is 0 Å². The molecule has 2 aromatic carbocycles. The van der Waals surface area contributed by atoms with Gasteiger partial charge in [-0.05, 0) is 24.3 Å². The summed E-state index contributed by atoms with van der Waals surface area (Å²) in [5.41, 5.74) is 0.785. The van der Waals surface area contributed by atoms with E-state index in [2.05, 4.69) is 5.32 Å². The molecule has 0 aromatic heterocycles. The van der Waals surface area contributed by atoms with Gasteiger partial charge < -0.3 is 10.1 Å². The summed E-state index contributed by atoms with van der Waals surface area (Å²) < 4.78 is 31.7. The maximum atomic E-state index is 13.5. The average Bonchev–Trinajstić information content (AvgIpc) is 2.55. The Hall–Kier alpha value is -1.79. The van der Waals surface area contributed by atoms with E-state index in [0.29, 0.717) is 28.0 Å². The summed E-state index contributed by atoms with van der Waals surface area (Å²) in [6, 6.07) is 9.01. The molecule has 0 bridgehead atoms. The third-order valence-electron chi connectivity index (χ3n) is 3.20. The quantitative estimate of drug-likeness (QED) is 0.704. The van der Waals surface area contributed by atoms with Crippen LogP contribution >= 0.6 is 23.4 Å². The highest BCUT2D eigenvalue weighted by Gasteiger charge is 2.10. The van der Waals surface area contributed by atoms with Crippen molar-refractivity contribution >= 4 is 35.0 Å². The minimum absolute atomic E-state index is 0.206. The second kappa shape index (κ2) is 8.89. The van der Waals surface area contributed by atoms with E-state index in [-0.39, 0.29) is 17.9 Å². The lowest BCUT2D eigenvalue weighted by Gasteiger charge is -2.10. The van der Waals surface area contributed by atoms with Gasteiger partial charge in [0.15, 0.2) is 11.6 Å². The van der Waals surface area contributed by atoms with Crippen LogP contribution in [0.5, 0.6) is 5.75 Å². The predicted octanol–water partition coefficient (Wildman–Crippen LogP) is 4.89. The summed E-state index contributed by atoms with van der Waals surface area (Å²) in [5, 5.41) is 3.21. The summed E-state index contributed by atoms with van der Waals surface area (Å²) >= 11 is 7.26. The molecule has 0 saturated carbocycles. The first kappa shape index (κ1) is 18.5. The third kappa shape index (κ3) is 5.11. The Kier molecular flexibility index (Phi) is 6.87. The van der Waals surface area contributed by atoms with Crippen molar-refractivity contribution in [2.24, 2.45) is 0 Å². The van der Waals surface area contributed by atoms with Crippen molar-refractivity contribution in [1.29, 1.82) is 0 Å². The van der Waals surface area contributed by atoms with Crippen LogP contribution in [0.25, 0.3) is 0 Å². The first-order chi connectivity index (χ1) is 11.5. The molecule has 0 radical (unpaired) electrons. The number of ether oxygens (including phenoxy) is 1. The fourth-order valence-corrected chi connectivity index (χ4v) is 3.09. The maximum Gasteiger partial charge on any atom is 0.225 e. The maximum absolute atomic E-state index is 13.5. The fourth-order valence-electron chi connectivity index (χ4n) is 2.00. The van der Waals surface area contributed by atoms with Crippen LogP contribution in [0.3, 0.4) is 0 Å². The Bertz CT molecular complexity index is 728. The summed E-state index contributed by atoms with van der Waals surface area (Å²) in [5.74, 6) is -0.607. The van der Waals surface area contributed by atoms with E-state index in [1.54, 1.807) is 18.2 Å². The number of carbonyl (C=O) groups is 1.